The molecule has 37 heavy (non-hydrogen) atoms. The van der Waals surface area contributed by atoms with Crippen LogP contribution in [0.25, 0.3) is 11.4 Å². The average molecular weight is 527 g/mol. The molecule has 4 rings (SSSR count). The number of carbonyl (C=O) groups is 2. The molecule has 0 unspecified atom stereocenters. The zero-order valence-corrected chi connectivity index (χ0v) is 21.5. The smallest absolute Gasteiger partial charge is 0.247 e. The van der Waals surface area contributed by atoms with E-state index in [0.717, 1.165) is 25.7 Å². The molecule has 10 nitrogen and oxygen atoms in total. The maximum atomic E-state index is 13.6. The summed E-state index contributed by atoms with van der Waals surface area (Å²) in [7, 11) is 1.57. The Morgan fingerprint density at radius 2 is 1.86 bits per heavy atom. The van der Waals surface area contributed by atoms with Crippen molar-refractivity contribution in [3.05, 3.63) is 59.1 Å². The Balaban J connectivity index is 1.59. The SMILES string of the molecule is COc1ccc([C@H](C(=O)NC2CCCC2)N(CCCO)C(=O)Cn2nnc(-c3ccc(Cl)cc3)n2)cc1. The number of methoxy groups -OCH3 is 1. The average Bonchev–Trinajstić information content (AvgIpc) is 3.59. The molecule has 2 N–H and O–H groups in total. The third-order valence-corrected chi connectivity index (χ3v) is 6.65. The fraction of sp³-hybridized carbons (Fsp3) is 0.423. The lowest BCUT2D eigenvalue weighted by atomic mass is 10.0. The van der Waals surface area contributed by atoms with Gasteiger partial charge in [0.2, 0.25) is 17.6 Å². The molecule has 3 aromatic rings. The molecule has 1 fully saturated rings. The lowest BCUT2D eigenvalue weighted by Gasteiger charge is -2.32. The van der Waals surface area contributed by atoms with Gasteiger partial charge in [-0.15, -0.1) is 10.2 Å². The number of amides is 2. The van der Waals surface area contributed by atoms with Crippen molar-refractivity contribution >= 4 is 23.4 Å². The number of tetrazole rings is 1. The van der Waals surface area contributed by atoms with E-state index in [1.807, 2.05) is 0 Å². The van der Waals surface area contributed by atoms with Crippen LogP contribution in [0.4, 0.5) is 0 Å². The number of halogens is 1. The second-order valence-corrected chi connectivity index (χ2v) is 9.42. The molecule has 0 radical (unpaired) electrons. The molecule has 1 aliphatic rings. The minimum atomic E-state index is -0.884. The summed E-state index contributed by atoms with van der Waals surface area (Å²) < 4.78 is 5.27. The zero-order valence-electron chi connectivity index (χ0n) is 20.7. The fourth-order valence-electron chi connectivity index (χ4n) is 4.48. The van der Waals surface area contributed by atoms with E-state index in [2.05, 4.69) is 20.7 Å². The number of aromatic nitrogens is 4. The standard InChI is InChI=1S/C26H31ClN6O4/c1-37-22-13-9-18(10-14-22)24(26(36)28-21-5-2-3-6-21)32(15-4-16-34)23(35)17-33-30-25(29-31-33)19-7-11-20(27)12-8-19/h7-14,21,24,34H,2-6,15-17H2,1H3,(H,28,36)/t24-/m1/s1. The number of rotatable bonds is 11. The van der Waals surface area contributed by atoms with Crippen LogP contribution >= 0.6 is 11.6 Å². The number of hydrogen-bond acceptors (Lipinski definition) is 7. The predicted molar refractivity (Wildman–Crippen MR) is 138 cm³/mol. The number of nitrogens with zero attached hydrogens (tertiary/aromatic N) is 5. The van der Waals surface area contributed by atoms with Crippen molar-refractivity contribution in [2.75, 3.05) is 20.3 Å². The second-order valence-electron chi connectivity index (χ2n) is 8.98. The van der Waals surface area contributed by atoms with Crippen LogP contribution in [0.5, 0.6) is 5.75 Å². The van der Waals surface area contributed by atoms with Gasteiger partial charge in [-0.25, -0.2) is 0 Å². The molecule has 0 saturated heterocycles. The number of aliphatic hydroxyl groups excluding tert-OH is 1. The van der Waals surface area contributed by atoms with Crippen LogP contribution in [-0.4, -0.2) is 68.3 Å². The summed E-state index contributed by atoms with van der Waals surface area (Å²) in [5.41, 5.74) is 1.36. The highest BCUT2D eigenvalue weighted by molar-refractivity contribution is 6.30. The van der Waals surface area contributed by atoms with Gasteiger partial charge in [0.05, 0.1) is 7.11 Å². The molecule has 0 spiro atoms. The van der Waals surface area contributed by atoms with E-state index < -0.39 is 6.04 Å². The Hall–Kier alpha value is -3.50. The highest BCUT2D eigenvalue weighted by atomic mass is 35.5. The summed E-state index contributed by atoms with van der Waals surface area (Å²) in [5.74, 6) is 0.387. The van der Waals surface area contributed by atoms with Crippen LogP contribution in [0.3, 0.4) is 0 Å². The van der Waals surface area contributed by atoms with Crippen LogP contribution in [-0.2, 0) is 16.1 Å². The lowest BCUT2D eigenvalue weighted by Crippen LogP contribution is -2.47. The van der Waals surface area contributed by atoms with Gasteiger partial charge in [0.15, 0.2) is 0 Å². The number of aliphatic hydroxyl groups is 1. The van der Waals surface area contributed by atoms with Crippen molar-refractivity contribution in [1.82, 2.24) is 30.4 Å². The van der Waals surface area contributed by atoms with Crippen molar-refractivity contribution in [2.24, 2.45) is 0 Å². The van der Waals surface area contributed by atoms with Crippen molar-refractivity contribution in [2.45, 2.75) is 50.7 Å². The Labute approximate surface area is 220 Å². The first-order valence-electron chi connectivity index (χ1n) is 12.4. The molecule has 1 aliphatic carbocycles. The minimum Gasteiger partial charge on any atom is -0.497 e. The number of ether oxygens (including phenoxy) is 1. The Morgan fingerprint density at radius 1 is 1.16 bits per heavy atom. The number of nitrogens with one attached hydrogen (secondary N) is 1. The molecule has 1 saturated carbocycles. The molecule has 2 amide bonds. The van der Waals surface area contributed by atoms with Crippen molar-refractivity contribution < 1.29 is 19.4 Å². The molecule has 1 atom stereocenters. The Kier molecular flexibility index (Phi) is 9.08. The van der Waals surface area contributed by atoms with E-state index >= 15 is 0 Å². The van der Waals surface area contributed by atoms with E-state index in [-0.39, 0.29) is 37.6 Å². The molecule has 196 valence electrons. The summed E-state index contributed by atoms with van der Waals surface area (Å²) in [6.07, 6.45) is 4.29. The van der Waals surface area contributed by atoms with Gasteiger partial charge in [0, 0.05) is 29.8 Å². The van der Waals surface area contributed by atoms with Crippen LogP contribution in [0.1, 0.15) is 43.7 Å². The van der Waals surface area contributed by atoms with Gasteiger partial charge in [0.1, 0.15) is 18.3 Å². The summed E-state index contributed by atoms with van der Waals surface area (Å²) in [5, 5.41) is 25.6. The first-order valence-corrected chi connectivity index (χ1v) is 12.7. The molecular formula is C26H31ClN6O4. The van der Waals surface area contributed by atoms with Gasteiger partial charge in [-0.1, -0.05) is 36.6 Å². The molecular weight excluding hydrogens is 496 g/mol. The number of hydrogen-bond donors (Lipinski definition) is 2. The zero-order chi connectivity index (χ0) is 26.2. The summed E-state index contributed by atoms with van der Waals surface area (Å²) in [6, 6.07) is 13.3. The van der Waals surface area contributed by atoms with E-state index in [4.69, 9.17) is 16.3 Å². The molecule has 1 aromatic heterocycles. The highest BCUT2D eigenvalue weighted by Crippen LogP contribution is 2.26. The molecule has 0 bridgehead atoms. The quantitative estimate of drug-likeness (QED) is 0.393. The molecule has 2 aromatic carbocycles. The fourth-order valence-corrected chi connectivity index (χ4v) is 4.61. The van der Waals surface area contributed by atoms with Crippen molar-refractivity contribution in [3.63, 3.8) is 0 Å². The van der Waals surface area contributed by atoms with E-state index in [9.17, 15) is 14.7 Å². The lowest BCUT2D eigenvalue weighted by molar-refractivity contribution is -0.142. The third-order valence-electron chi connectivity index (χ3n) is 6.40. The first kappa shape index (κ1) is 26.6. The first-order chi connectivity index (χ1) is 18.0. The normalized spacial score (nSPS) is 14.4. The van der Waals surface area contributed by atoms with Gasteiger partial charge < -0.3 is 20.1 Å². The second kappa shape index (κ2) is 12.6. The summed E-state index contributed by atoms with van der Waals surface area (Å²) >= 11 is 5.96. The van der Waals surface area contributed by atoms with Crippen LogP contribution in [0.2, 0.25) is 5.02 Å². The van der Waals surface area contributed by atoms with Crippen LogP contribution in [0.15, 0.2) is 48.5 Å². The number of benzene rings is 2. The maximum Gasteiger partial charge on any atom is 0.247 e. The monoisotopic (exact) mass is 526 g/mol. The van der Waals surface area contributed by atoms with Crippen LogP contribution < -0.4 is 10.1 Å². The van der Waals surface area contributed by atoms with Crippen molar-refractivity contribution in [3.8, 4) is 17.1 Å². The van der Waals surface area contributed by atoms with Gasteiger partial charge in [-0.3, -0.25) is 9.59 Å². The van der Waals surface area contributed by atoms with Gasteiger partial charge in [-0.05, 0) is 66.4 Å². The minimum absolute atomic E-state index is 0.0851. The maximum absolute atomic E-state index is 13.6. The highest BCUT2D eigenvalue weighted by Gasteiger charge is 2.33. The third kappa shape index (κ3) is 6.84. The van der Waals surface area contributed by atoms with E-state index in [0.29, 0.717) is 34.1 Å². The van der Waals surface area contributed by atoms with Crippen molar-refractivity contribution in [1.29, 1.82) is 0 Å². The predicted octanol–water partition coefficient (Wildman–Crippen LogP) is 3.01. The van der Waals surface area contributed by atoms with Gasteiger partial charge in [-0.2, -0.15) is 4.80 Å². The Bertz CT molecular complexity index is 1180. The molecule has 1 heterocycles. The molecule has 11 heteroatoms. The molecule has 0 aliphatic heterocycles. The summed E-state index contributed by atoms with van der Waals surface area (Å²) in [4.78, 5) is 29.8. The van der Waals surface area contributed by atoms with Gasteiger partial charge in [0.25, 0.3) is 0 Å². The van der Waals surface area contributed by atoms with E-state index in [1.54, 1.807) is 55.6 Å². The topological polar surface area (TPSA) is 122 Å². The van der Waals surface area contributed by atoms with Gasteiger partial charge >= 0.3 is 0 Å². The largest absolute Gasteiger partial charge is 0.497 e. The summed E-state index contributed by atoms with van der Waals surface area (Å²) in [6.45, 7) is -0.149. The van der Waals surface area contributed by atoms with E-state index in [1.165, 1.54) is 9.70 Å². The van der Waals surface area contributed by atoms with Crippen LogP contribution in [0, 0.1) is 0 Å². The number of carbonyl (C=O) groups excluding carboxylic acids is 2. The Morgan fingerprint density at radius 3 is 2.51 bits per heavy atom.